The predicted octanol–water partition coefficient (Wildman–Crippen LogP) is 2.93. The minimum atomic E-state index is 0.844. The molecule has 0 aromatic rings. The standard InChI is InChI=1S/C8H11Cl/c9-8-4-6-1-2-7(3-6)5-8/h4,6-7H,1-3,5H2/t6-,7+/m0/s1. The molecule has 1 fully saturated rings. The summed E-state index contributed by atoms with van der Waals surface area (Å²) in [5, 5.41) is 1.12. The first-order valence-corrected chi connectivity index (χ1v) is 4.08. The smallest absolute Gasteiger partial charge is 0.0146 e. The van der Waals surface area contributed by atoms with E-state index in [1.54, 1.807) is 0 Å². The molecule has 0 heterocycles. The van der Waals surface area contributed by atoms with E-state index >= 15 is 0 Å². The van der Waals surface area contributed by atoms with Gasteiger partial charge in [0.1, 0.15) is 0 Å². The maximum atomic E-state index is 5.91. The van der Waals surface area contributed by atoms with Gasteiger partial charge in [0.2, 0.25) is 0 Å². The third kappa shape index (κ3) is 1.01. The van der Waals surface area contributed by atoms with Gasteiger partial charge in [0.15, 0.2) is 0 Å². The van der Waals surface area contributed by atoms with Crippen LogP contribution in [0.3, 0.4) is 0 Å². The Morgan fingerprint density at radius 1 is 1.44 bits per heavy atom. The quantitative estimate of drug-likeness (QED) is 0.488. The topological polar surface area (TPSA) is 0 Å². The Morgan fingerprint density at radius 2 is 2.33 bits per heavy atom. The summed E-state index contributed by atoms with van der Waals surface area (Å²) in [4.78, 5) is 0. The van der Waals surface area contributed by atoms with E-state index in [-0.39, 0.29) is 0 Å². The lowest BCUT2D eigenvalue weighted by Crippen LogP contribution is -2.00. The summed E-state index contributed by atoms with van der Waals surface area (Å²) in [5.74, 6) is 1.78. The number of hydrogen-bond acceptors (Lipinski definition) is 0. The van der Waals surface area contributed by atoms with E-state index in [1.807, 2.05) is 0 Å². The molecule has 2 aliphatic rings. The summed E-state index contributed by atoms with van der Waals surface area (Å²) < 4.78 is 0. The lowest BCUT2D eigenvalue weighted by atomic mass is 9.96. The summed E-state index contributed by atoms with van der Waals surface area (Å²) in [7, 11) is 0. The second-order valence-corrected chi connectivity index (χ2v) is 3.74. The Hall–Kier alpha value is 0.0300. The van der Waals surface area contributed by atoms with Crippen LogP contribution < -0.4 is 0 Å². The molecule has 50 valence electrons. The molecule has 0 nitrogen and oxygen atoms in total. The molecule has 2 atom stereocenters. The van der Waals surface area contributed by atoms with Crippen molar-refractivity contribution >= 4 is 11.6 Å². The van der Waals surface area contributed by atoms with Gasteiger partial charge in [-0.3, -0.25) is 0 Å². The van der Waals surface area contributed by atoms with Crippen LogP contribution in [0.15, 0.2) is 11.1 Å². The molecule has 0 amide bonds. The first-order valence-electron chi connectivity index (χ1n) is 3.71. The van der Waals surface area contributed by atoms with Crippen molar-refractivity contribution in [3.8, 4) is 0 Å². The third-order valence-electron chi connectivity index (χ3n) is 2.48. The van der Waals surface area contributed by atoms with Gasteiger partial charge in [-0.15, -0.1) is 0 Å². The van der Waals surface area contributed by atoms with E-state index in [1.165, 1.54) is 19.3 Å². The monoisotopic (exact) mass is 142 g/mol. The number of fused-ring (bicyclic) bond motifs is 2. The molecule has 2 aliphatic carbocycles. The Bertz CT molecular complexity index is 149. The second-order valence-electron chi connectivity index (χ2n) is 3.26. The van der Waals surface area contributed by atoms with Gasteiger partial charge in [-0.25, -0.2) is 0 Å². The molecule has 0 aromatic carbocycles. The largest absolute Gasteiger partial charge is 0.0895 e. The molecule has 0 unspecified atom stereocenters. The van der Waals surface area contributed by atoms with E-state index in [0.717, 1.165) is 23.3 Å². The summed E-state index contributed by atoms with van der Waals surface area (Å²) in [6.07, 6.45) is 7.64. The zero-order valence-electron chi connectivity index (χ0n) is 5.44. The minimum Gasteiger partial charge on any atom is -0.0895 e. The summed E-state index contributed by atoms with van der Waals surface area (Å²) >= 11 is 5.91. The molecular formula is C8H11Cl. The molecule has 9 heavy (non-hydrogen) atoms. The Kier molecular flexibility index (Phi) is 1.30. The molecule has 1 heteroatoms. The molecule has 0 aliphatic heterocycles. The third-order valence-corrected chi connectivity index (χ3v) is 2.76. The van der Waals surface area contributed by atoms with E-state index in [4.69, 9.17) is 11.6 Å². The summed E-state index contributed by atoms with van der Waals surface area (Å²) in [5.41, 5.74) is 0. The fourth-order valence-electron chi connectivity index (χ4n) is 2.05. The van der Waals surface area contributed by atoms with Crippen molar-refractivity contribution in [2.24, 2.45) is 11.8 Å². The minimum absolute atomic E-state index is 0.844. The van der Waals surface area contributed by atoms with Crippen LogP contribution in [0.2, 0.25) is 0 Å². The molecule has 2 rings (SSSR count). The normalized spacial score (nSPS) is 40.8. The lowest BCUT2D eigenvalue weighted by Gasteiger charge is -2.14. The zero-order valence-corrected chi connectivity index (χ0v) is 6.19. The molecule has 0 saturated heterocycles. The summed E-state index contributed by atoms with van der Waals surface area (Å²) in [6.45, 7) is 0. The van der Waals surface area contributed by atoms with Crippen LogP contribution in [0.25, 0.3) is 0 Å². The van der Waals surface area contributed by atoms with Crippen LogP contribution in [-0.2, 0) is 0 Å². The number of halogens is 1. The number of allylic oxidation sites excluding steroid dienone is 2. The molecule has 0 spiro atoms. The first kappa shape index (κ1) is 5.79. The number of rotatable bonds is 0. The SMILES string of the molecule is ClC1=C[C@H]2CC[C@@H](C1)C2. The molecule has 0 N–H and O–H groups in total. The highest BCUT2D eigenvalue weighted by Crippen LogP contribution is 2.41. The molecule has 2 bridgehead atoms. The predicted molar refractivity (Wildman–Crippen MR) is 39.4 cm³/mol. The van der Waals surface area contributed by atoms with Gasteiger partial charge >= 0.3 is 0 Å². The maximum Gasteiger partial charge on any atom is 0.0146 e. The van der Waals surface area contributed by atoms with Crippen molar-refractivity contribution in [2.75, 3.05) is 0 Å². The highest BCUT2D eigenvalue weighted by molar-refractivity contribution is 6.29. The van der Waals surface area contributed by atoms with Crippen LogP contribution in [0.1, 0.15) is 25.7 Å². The van der Waals surface area contributed by atoms with Crippen molar-refractivity contribution in [3.05, 3.63) is 11.1 Å². The van der Waals surface area contributed by atoms with Gasteiger partial charge in [-0.2, -0.15) is 0 Å². The van der Waals surface area contributed by atoms with E-state index in [9.17, 15) is 0 Å². The van der Waals surface area contributed by atoms with Crippen molar-refractivity contribution in [3.63, 3.8) is 0 Å². The van der Waals surface area contributed by atoms with E-state index in [2.05, 4.69) is 6.08 Å². The van der Waals surface area contributed by atoms with Gasteiger partial charge in [0, 0.05) is 5.03 Å². The van der Waals surface area contributed by atoms with Gasteiger partial charge in [-0.05, 0) is 37.5 Å². The molecule has 0 radical (unpaired) electrons. The van der Waals surface area contributed by atoms with Crippen molar-refractivity contribution in [2.45, 2.75) is 25.7 Å². The second kappa shape index (κ2) is 2.02. The Balaban J connectivity index is 2.19. The van der Waals surface area contributed by atoms with Crippen molar-refractivity contribution < 1.29 is 0 Å². The van der Waals surface area contributed by atoms with Crippen LogP contribution >= 0.6 is 11.6 Å². The average Bonchev–Trinajstić information content (AvgIpc) is 2.11. The Labute approximate surface area is 60.9 Å². The lowest BCUT2D eigenvalue weighted by molar-refractivity contribution is 0.514. The van der Waals surface area contributed by atoms with Gasteiger partial charge < -0.3 is 0 Å². The van der Waals surface area contributed by atoms with Gasteiger partial charge in [0.05, 0.1) is 0 Å². The average molecular weight is 143 g/mol. The number of hydrogen-bond donors (Lipinski definition) is 0. The molecular weight excluding hydrogens is 132 g/mol. The fourth-order valence-corrected chi connectivity index (χ4v) is 2.45. The zero-order chi connectivity index (χ0) is 6.27. The Morgan fingerprint density at radius 3 is 3.11 bits per heavy atom. The highest BCUT2D eigenvalue weighted by Gasteiger charge is 2.27. The van der Waals surface area contributed by atoms with Crippen LogP contribution in [0.5, 0.6) is 0 Å². The fraction of sp³-hybridized carbons (Fsp3) is 0.750. The van der Waals surface area contributed by atoms with Crippen LogP contribution in [0.4, 0.5) is 0 Å². The van der Waals surface area contributed by atoms with E-state index < -0.39 is 0 Å². The van der Waals surface area contributed by atoms with Gasteiger partial charge in [-0.1, -0.05) is 17.7 Å². The van der Waals surface area contributed by atoms with Crippen LogP contribution in [-0.4, -0.2) is 0 Å². The summed E-state index contributed by atoms with van der Waals surface area (Å²) in [6, 6.07) is 0. The van der Waals surface area contributed by atoms with E-state index in [0.29, 0.717) is 0 Å². The molecule has 1 saturated carbocycles. The van der Waals surface area contributed by atoms with Crippen molar-refractivity contribution in [1.82, 2.24) is 0 Å². The van der Waals surface area contributed by atoms with Crippen molar-refractivity contribution in [1.29, 1.82) is 0 Å². The maximum absolute atomic E-state index is 5.91. The molecule has 0 aromatic heterocycles. The first-order chi connectivity index (χ1) is 4.34. The van der Waals surface area contributed by atoms with Gasteiger partial charge in [0.25, 0.3) is 0 Å². The highest BCUT2D eigenvalue weighted by atomic mass is 35.5. The van der Waals surface area contributed by atoms with Crippen LogP contribution in [0, 0.1) is 11.8 Å².